The van der Waals surface area contributed by atoms with Crippen molar-refractivity contribution in [3.8, 4) is 0 Å². The van der Waals surface area contributed by atoms with Crippen molar-refractivity contribution in [3.05, 3.63) is 63.4 Å². The first kappa shape index (κ1) is 15.0. The van der Waals surface area contributed by atoms with Crippen LogP contribution in [0.3, 0.4) is 0 Å². The molecular formula is C16H20ClN3. The normalized spacial score (nSPS) is 12.4. The first-order valence-corrected chi connectivity index (χ1v) is 7.03. The summed E-state index contributed by atoms with van der Waals surface area (Å²) in [7, 11) is 0. The summed E-state index contributed by atoms with van der Waals surface area (Å²) in [4.78, 5) is 4.51. The van der Waals surface area contributed by atoms with E-state index in [1.54, 1.807) is 0 Å². The maximum atomic E-state index is 6.29. The van der Waals surface area contributed by atoms with E-state index in [0.29, 0.717) is 6.42 Å². The number of aryl methyl sites for hydroxylation is 3. The third-order valence-electron chi connectivity index (χ3n) is 3.42. The highest BCUT2D eigenvalue weighted by atomic mass is 35.5. The summed E-state index contributed by atoms with van der Waals surface area (Å²) in [5.74, 6) is 5.71. The lowest BCUT2D eigenvalue weighted by Gasteiger charge is -2.18. The molecule has 0 amide bonds. The van der Waals surface area contributed by atoms with E-state index >= 15 is 0 Å². The van der Waals surface area contributed by atoms with Gasteiger partial charge in [-0.05, 0) is 55.5 Å². The van der Waals surface area contributed by atoms with Crippen LogP contribution in [0.25, 0.3) is 0 Å². The molecule has 0 saturated heterocycles. The van der Waals surface area contributed by atoms with Gasteiger partial charge in [0.15, 0.2) is 0 Å². The lowest BCUT2D eigenvalue weighted by atomic mass is 9.99. The summed E-state index contributed by atoms with van der Waals surface area (Å²) >= 11 is 6.29. The van der Waals surface area contributed by atoms with Gasteiger partial charge in [0.2, 0.25) is 0 Å². The molecule has 0 aliphatic carbocycles. The number of nitrogens with one attached hydrogen (secondary N) is 1. The monoisotopic (exact) mass is 289 g/mol. The molecule has 1 heterocycles. The molecule has 2 aromatic rings. The molecule has 0 aliphatic heterocycles. The number of halogens is 1. The molecule has 0 aliphatic rings. The maximum absolute atomic E-state index is 6.29. The summed E-state index contributed by atoms with van der Waals surface area (Å²) in [6, 6.07) is 8.15. The Morgan fingerprint density at radius 1 is 1.20 bits per heavy atom. The fraction of sp³-hybridized carbons (Fsp3) is 0.312. The van der Waals surface area contributed by atoms with Gasteiger partial charge in [-0.25, -0.2) is 0 Å². The predicted octanol–water partition coefficient (Wildman–Crippen LogP) is 3.41. The van der Waals surface area contributed by atoms with E-state index in [1.165, 1.54) is 0 Å². The first-order chi connectivity index (χ1) is 9.51. The molecule has 1 unspecified atom stereocenters. The highest BCUT2D eigenvalue weighted by molar-refractivity contribution is 6.31. The highest BCUT2D eigenvalue weighted by Crippen LogP contribution is 2.25. The van der Waals surface area contributed by atoms with Crippen LogP contribution in [0.1, 0.15) is 34.0 Å². The number of rotatable bonds is 4. The predicted molar refractivity (Wildman–Crippen MR) is 83.7 cm³/mol. The van der Waals surface area contributed by atoms with E-state index in [2.05, 4.69) is 29.5 Å². The van der Waals surface area contributed by atoms with Gasteiger partial charge in [-0.2, -0.15) is 0 Å². The van der Waals surface area contributed by atoms with Crippen molar-refractivity contribution in [1.82, 2.24) is 10.4 Å². The van der Waals surface area contributed by atoms with Crippen molar-refractivity contribution in [2.24, 2.45) is 5.84 Å². The maximum Gasteiger partial charge on any atom is 0.0675 e. The Bertz CT molecular complexity index is 611. The van der Waals surface area contributed by atoms with Crippen LogP contribution in [-0.4, -0.2) is 4.98 Å². The number of hydrogen-bond acceptors (Lipinski definition) is 3. The Hall–Kier alpha value is -1.42. The van der Waals surface area contributed by atoms with Crippen LogP contribution in [0.15, 0.2) is 30.5 Å². The number of nitrogens with zero attached hydrogens (tertiary/aromatic N) is 1. The fourth-order valence-electron chi connectivity index (χ4n) is 2.36. The lowest BCUT2D eigenvalue weighted by molar-refractivity contribution is 0.535. The van der Waals surface area contributed by atoms with Crippen LogP contribution in [0.5, 0.6) is 0 Å². The van der Waals surface area contributed by atoms with Gasteiger partial charge in [0.05, 0.1) is 11.7 Å². The van der Waals surface area contributed by atoms with Gasteiger partial charge < -0.3 is 0 Å². The van der Waals surface area contributed by atoms with Crippen LogP contribution in [-0.2, 0) is 6.42 Å². The van der Waals surface area contributed by atoms with Gasteiger partial charge >= 0.3 is 0 Å². The largest absolute Gasteiger partial charge is 0.271 e. The zero-order chi connectivity index (χ0) is 14.7. The van der Waals surface area contributed by atoms with Gasteiger partial charge in [-0.1, -0.05) is 29.8 Å². The quantitative estimate of drug-likeness (QED) is 0.670. The standard InChI is InChI=1S/C16H20ClN3/c1-10-4-5-13(14(17)7-10)8-15(20-18)16-12(3)6-11(2)9-19-16/h4-7,9,15,20H,8,18H2,1-3H3. The summed E-state index contributed by atoms with van der Waals surface area (Å²) in [6.45, 7) is 6.11. The van der Waals surface area contributed by atoms with Crippen molar-refractivity contribution in [2.75, 3.05) is 0 Å². The van der Waals surface area contributed by atoms with Crippen LogP contribution in [0.2, 0.25) is 5.02 Å². The van der Waals surface area contributed by atoms with E-state index < -0.39 is 0 Å². The molecule has 3 nitrogen and oxygen atoms in total. The van der Waals surface area contributed by atoms with E-state index in [4.69, 9.17) is 17.4 Å². The van der Waals surface area contributed by atoms with E-state index in [9.17, 15) is 0 Å². The van der Waals surface area contributed by atoms with Crippen LogP contribution < -0.4 is 11.3 Å². The molecule has 0 spiro atoms. The van der Waals surface area contributed by atoms with E-state index in [0.717, 1.165) is 33.0 Å². The minimum absolute atomic E-state index is 0.0455. The molecule has 106 valence electrons. The zero-order valence-corrected chi connectivity index (χ0v) is 12.8. The lowest BCUT2D eigenvalue weighted by Crippen LogP contribution is -2.31. The number of nitrogens with two attached hydrogens (primary N) is 1. The molecule has 1 aromatic carbocycles. The second-order valence-corrected chi connectivity index (χ2v) is 5.64. The van der Waals surface area contributed by atoms with Gasteiger partial charge in [0.25, 0.3) is 0 Å². The molecule has 0 saturated carbocycles. The SMILES string of the molecule is Cc1cnc(C(Cc2ccc(C)cc2Cl)NN)c(C)c1. The molecule has 0 bridgehead atoms. The Balaban J connectivity index is 2.28. The van der Waals surface area contributed by atoms with Gasteiger partial charge in [0.1, 0.15) is 0 Å². The summed E-state index contributed by atoms with van der Waals surface area (Å²) in [5, 5.41) is 0.773. The van der Waals surface area contributed by atoms with Crippen molar-refractivity contribution in [1.29, 1.82) is 0 Å². The van der Waals surface area contributed by atoms with Crippen LogP contribution in [0, 0.1) is 20.8 Å². The van der Waals surface area contributed by atoms with Crippen molar-refractivity contribution < 1.29 is 0 Å². The molecular weight excluding hydrogens is 270 g/mol. The second kappa shape index (κ2) is 6.35. The number of hydrogen-bond donors (Lipinski definition) is 2. The highest BCUT2D eigenvalue weighted by Gasteiger charge is 2.16. The minimum Gasteiger partial charge on any atom is -0.271 e. The average Bonchev–Trinajstić information content (AvgIpc) is 2.39. The van der Waals surface area contributed by atoms with Gasteiger partial charge in [-0.3, -0.25) is 16.3 Å². The number of hydrazine groups is 1. The number of benzene rings is 1. The number of pyridine rings is 1. The molecule has 20 heavy (non-hydrogen) atoms. The third-order valence-corrected chi connectivity index (χ3v) is 3.77. The zero-order valence-electron chi connectivity index (χ0n) is 12.1. The molecule has 1 aromatic heterocycles. The molecule has 3 N–H and O–H groups in total. The van der Waals surface area contributed by atoms with Crippen LogP contribution in [0.4, 0.5) is 0 Å². The number of aromatic nitrogens is 1. The Kier molecular flexibility index (Phi) is 4.76. The summed E-state index contributed by atoms with van der Waals surface area (Å²) in [6.07, 6.45) is 2.58. The van der Waals surface area contributed by atoms with E-state index in [-0.39, 0.29) is 6.04 Å². The smallest absolute Gasteiger partial charge is 0.0675 e. The van der Waals surface area contributed by atoms with E-state index in [1.807, 2.05) is 32.2 Å². The average molecular weight is 290 g/mol. The topological polar surface area (TPSA) is 50.9 Å². The molecule has 0 radical (unpaired) electrons. The third kappa shape index (κ3) is 3.37. The van der Waals surface area contributed by atoms with Crippen LogP contribution >= 0.6 is 11.6 Å². The van der Waals surface area contributed by atoms with Gasteiger partial charge in [-0.15, -0.1) is 0 Å². The Morgan fingerprint density at radius 3 is 2.55 bits per heavy atom. The molecule has 1 atom stereocenters. The fourth-order valence-corrected chi connectivity index (χ4v) is 2.68. The molecule has 2 rings (SSSR count). The summed E-state index contributed by atoms with van der Waals surface area (Å²) < 4.78 is 0. The van der Waals surface area contributed by atoms with Crippen molar-refractivity contribution >= 4 is 11.6 Å². The Morgan fingerprint density at radius 2 is 1.95 bits per heavy atom. The second-order valence-electron chi connectivity index (χ2n) is 5.23. The van der Waals surface area contributed by atoms with Crippen molar-refractivity contribution in [2.45, 2.75) is 33.2 Å². The minimum atomic E-state index is -0.0455. The van der Waals surface area contributed by atoms with Crippen molar-refractivity contribution in [3.63, 3.8) is 0 Å². The molecule has 0 fully saturated rings. The summed E-state index contributed by atoms with van der Waals surface area (Å²) in [5.41, 5.74) is 8.32. The molecule has 4 heteroatoms. The van der Waals surface area contributed by atoms with Gasteiger partial charge in [0, 0.05) is 11.2 Å². The Labute approximate surface area is 125 Å². The first-order valence-electron chi connectivity index (χ1n) is 6.65.